The third-order valence-electron chi connectivity index (χ3n) is 5.62. The van der Waals surface area contributed by atoms with E-state index < -0.39 is 56.3 Å². The Morgan fingerprint density at radius 1 is 0.962 bits per heavy atom. The summed E-state index contributed by atoms with van der Waals surface area (Å²) in [5.41, 5.74) is -7.57. The van der Waals surface area contributed by atoms with Gasteiger partial charge in [-0.2, -0.15) is 4.40 Å². The Balaban J connectivity index is 2.36. The molecule has 2 nitrogen and oxygen atoms in total. The van der Waals surface area contributed by atoms with E-state index in [4.69, 9.17) is 20.6 Å². The van der Waals surface area contributed by atoms with Crippen molar-refractivity contribution >= 4 is 27.3 Å². The SMILES string of the molecule is [2H]C([2H])([2H])c1ccc2c3c1c1cccc(C)c1c1n3c(c[n+]1C)C(C([2H])([2H])[2H])(C([2H])([2H])[2H])C2(C([2H])([2H])[2H])C([2H])([2H])[2H]. The third kappa shape index (κ3) is 1.53. The van der Waals surface area contributed by atoms with Gasteiger partial charge in [0.2, 0.25) is 0 Å². The average Bonchev–Trinajstić information content (AvgIpc) is 3.10. The average molecular weight is 359 g/mol. The van der Waals surface area contributed by atoms with Gasteiger partial charge in [0.25, 0.3) is 5.65 Å². The second kappa shape index (κ2) is 4.49. The molecule has 2 heteroatoms. The Morgan fingerprint density at radius 3 is 2.50 bits per heavy atom. The number of imidazole rings is 1. The van der Waals surface area contributed by atoms with Crippen LogP contribution in [0.4, 0.5) is 0 Å². The second-order valence-electron chi connectivity index (χ2n) is 7.17. The van der Waals surface area contributed by atoms with Gasteiger partial charge in [0, 0.05) is 47.7 Å². The van der Waals surface area contributed by atoms with Crippen LogP contribution < -0.4 is 4.57 Å². The minimum absolute atomic E-state index is 0.00806. The highest BCUT2D eigenvalue weighted by atomic mass is 15.1. The first-order chi connectivity index (χ1) is 18.4. The van der Waals surface area contributed by atoms with Gasteiger partial charge in [-0.25, -0.2) is 4.57 Å². The molecule has 0 amide bonds. The number of benzene rings is 2. The van der Waals surface area contributed by atoms with Crippen molar-refractivity contribution in [1.29, 1.82) is 0 Å². The summed E-state index contributed by atoms with van der Waals surface area (Å²) in [7, 11) is 1.52. The molecule has 0 saturated heterocycles. The number of nitrogens with zero attached hydrogens (tertiary/aromatic N) is 2. The van der Waals surface area contributed by atoms with Gasteiger partial charge in [0.15, 0.2) is 5.69 Å². The fourth-order valence-corrected chi connectivity index (χ4v) is 4.32. The van der Waals surface area contributed by atoms with Gasteiger partial charge in [0.1, 0.15) is 11.7 Å². The van der Waals surface area contributed by atoms with Crippen molar-refractivity contribution in [3.05, 3.63) is 58.9 Å². The lowest BCUT2D eigenvalue weighted by molar-refractivity contribution is -0.643. The van der Waals surface area contributed by atoms with E-state index in [0.29, 0.717) is 16.3 Å². The molecule has 1 aliphatic heterocycles. The Bertz CT molecular complexity index is 1720. The predicted molar refractivity (Wildman–Crippen MR) is 109 cm³/mol. The quantitative estimate of drug-likeness (QED) is 0.299. The second-order valence-corrected chi connectivity index (χ2v) is 7.17. The van der Waals surface area contributed by atoms with Crippen LogP contribution in [0.5, 0.6) is 0 Å². The molecule has 26 heavy (non-hydrogen) atoms. The molecule has 0 atom stereocenters. The largest absolute Gasteiger partial charge is 0.295 e. The molecule has 0 saturated carbocycles. The number of fused-ring (bicyclic) bond motifs is 3. The van der Waals surface area contributed by atoms with Crippen molar-refractivity contribution < 1.29 is 25.1 Å². The predicted octanol–water partition coefficient (Wildman–Crippen LogP) is 5.26. The summed E-state index contributed by atoms with van der Waals surface area (Å²) in [6.45, 7) is -15.8. The molecule has 1 aliphatic rings. The fraction of sp³-hybridized carbons (Fsp3) is 0.375. The van der Waals surface area contributed by atoms with E-state index in [1.165, 1.54) is 16.0 Å². The molecule has 0 bridgehead atoms. The first kappa shape index (κ1) is 6.67. The molecule has 3 heterocycles. The summed E-state index contributed by atoms with van der Waals surface area (Å²) in [5.74, 6) is 0. The minimum Gasteiger partial charge on any atom is -0.232 e. The van der Waals surface area contributed by atoms with Crippen molar-refractivity contribution in [2.75, 3.05) is 0 Å². The van der Waals surface area contributed by atoms with E-state index in [9.17, 15) is 0 Å². The molecule has 132 valence electrons. The van der Waals surface area contributed by atoms with Crippen LogP contribution in [0.15, 0.2) is 36.5 Å². The maximum atomic E-state index is 8.67. The number of rotatable bonds is 0. The maximum absolute atomic E-state index is 8.67. The first-order valence-electron chi connectivity index (χ1n) is 15.8. The summed E-state index contributed by atoms with van der Waals surface area (Å²) in [4.78, 5) is 0. The van der Waals surface area contributed by atoms with Gasteiger partial charge in [-0.05, 0) is 24.9 Å². The zero-order valence-electron chi connectivity index (χ0n) is 29.4. The summed E-state index contributed by atoms with van der Waals surface area (Å²) < 4.78 is 132. The van der Waals surface area contributed by atoms with Crippen molar-refractivity contribution in [2.24, 2.45) is 7.05 Å². The minimum atomic E-state index is -3.72. The Morgan fingerprint density at radius 2 is 1.77 bits per heavy atom. The van der Waals surface area contributed by atoms with E-state index >= 15 is 0 Å². The van der Waals surface area contributed by atoms with Crippen LogP contribution in [-0.2, 0) is 17.9 Å². The molecule has 2 aromatic carbocycles. The van der Waals surface area contributed by atoms with E-state index in [1.807, 2.05) is 0 Å². The third-order valence-corrected chi connectivity index (χ3v) is 5.62. The number of hydrogen-bond donors (Lipinski definition) is 0. The van der Waals surface area contributed by atoms with Crippen LogP contribution in [0.25, 0.3) is 27.3 Å². The van der Waals surface area contributed by atoms with Crippen molar-refractivity contribution in [3.8, 4) is 0 Å². The molecule has 2 aromatic heterocycles. The highest BCUT2D eigenvalue weighted by molar-refractivity contribution is 6.14. The summed E-state index contributed by atoms with van der Waals surface area (Å²) in [6.07, 6.45) is 1.16. The molecular weight excluding hydrogens is 316 g/mol. The van der Waals surface area contributed by atoms with Crippen LogP contribution in [0, 0.1) is 13.8 Å². The maximum Gasteiger partial charge on any atom is 0.295 e. The molecule has 0 unspecified atom stereocenters. The van der Waals surface area contributed by atoms with Gasteiger partial charge in [-0.3, -0.25) is 0 Å². The van der Waals surface area contributed by atoms with Gasteiger partial charge in [-0.1, -0.05) is 57.7 Å². The zero-order valence-corrected chi connectivity index (χ0v) is 14.4. The zero-order chi connectivity index (χ0) is 31.1. The van der Waals surface area contributed by atoms with E-state index in [1.54, 1.807) is 25.1 Å². The lowest BCUT2D eigenvalue weighted by Crippen LogP contribution is -2.44. The summed E-state index contributed by atoms with van der Waals surface area (Å²) in [6, 6.07) is 7.11. The highest BCUT2D eigenvalue weighted by Gasteiger charge is 2.50. The van der Waals surface area contributed by atoms with Crippen molar-refractivity contribution in [1.82, 2.24) is 4.40 Å². The van der Waals surface area contributed by atoms with Gasteiger partial charge < -0.3 is 0 Å². The Labute approximate surface area is 176 Å². The molecule has 0 spiro atoms. The van der Waals surface area contributed by atoms with Crippen molar-refractivity contribution in [2.45, 2.75) is 52.0 Å². The molecule has 4 aromatic rings. The molecule has 0 N–H and O–H groups in total. The standard InChI is InChI=1S/C24H27N2/c1-14-9-8-10-16-19-15(2)11-12-17-21(19)26-18(24(5,6)23(17,3)4)13-25(7)22(26)20(14)16/h8-13H,1-7H3/q+1/i2D3,3D3,4D3,5D3,6D3. The lowest BCUT2D eigenvalue weighted by Gasteiger charge is -2.43. The van der Waals surface area contributed by atoms with E-state index in [0.717, 1.165) is 18.3 Å². The fourth-order valence-electron chi connectivity index (χ4n) is 4.32. The number of aryl methyl sites for hydroxylation is 3. The number of pyridine rings is 1. The van der Waals surface area contributed by atoms with E-state index in [-0.39, 0.29) is 22.1 Å². The topological polar surface area (TPSA) is 8.29 Å². The number of hydrogen-bond acceptors (Lipinski definition) is 0. The number of aromatic nitrogens is 2. The van der Waals surface area contributed by atoms with Crippen LogP contribution in [0.2, 0.25) is 0 Å². The molecule has 0 fully saturated rings. The van der Waals surface area contributed by atoms with Crippen LogP contribution in [0.3, 0.4) is 0 Å². The lowest BCUT2D eigenvalue weighted by atomic mass is 9.60. The van der Waals surface area contributed by atoms with Crippen LogP contribution >= 0.6 is 0 Å². The Kier molecular flexibility index (Phi) is 1.15. The highest BCUT2D eigenvalue weighted by Crippen LogP contribution is 2.51. The molecule has 5 rings (SSSR count). The summed E-state index contributed by atoms with van der Waals surface area (Å²) >= 11 is 0. The smallest absolute Gasteiger partial charge is 0.232 e. The van der Waals surface area contributed by atoms with Gasteiger partial charge in [-0.15, -0.1) is 0 Å². The van der Waals surface area contributed by atoms with Crippen molar-refractivity contribution in [3.63, 3.8) is 0 Å². The molecular formula is C24H27N2+. The van der Waals surface area contributed by atoms with Crippen LogP contribution in [0.1, 0.15) is 70.4 Å². The van der Waals surface area contributed by atoms with Gasteiger partial charge in [0.05, 0.1) is 12.4 Å². The van der Waals surface area contributed by atoms with Crippen LogP contribution in [-0.4, -0.2) is 4.40 Å². The van der Waals surface area contributed by atoms with E-state index in [2.05, 4.69) is 0 Å². The monoisotopic (exact) mass is 358 g/mol. The molecule has 0 radical (unpaired) electrons. The normalized spacial score (nSPS) is 28.6. The Hall–Kier alpha value is -2.35. The van der Waals surface area contributed by atoms with Gasteiger partial charge >= 0.3 is 0 Å². The first-order valence-corrected chi connectivity index (χ1v) is 8.29. The summed E-state index contributed by atoms with van der Waals surface area (Å²) in [5, 5.41) is 0.867. The molecule has 0 aliphatic carbocycles.